The summed E-state index contributed by atoms with van der Waals surface area (Å²) in [7, 11) is 0. The standard InChI is InChI=1S/C26H39NO2/c27-26(25-17-11-8-12-18-25)23-29-21-14-6-4-2-1-3-5-13-20-28-22-19-24-15-9-7-10-16-24/h7-12,15-18,26H,1-6,13-14,19-23,27H2/t26-/m1/s1. The molecule has 0 fully saturated rings. The van der Waals surface area contributed by atoms with E-state index in [4.69, 9.17) is 15.2 Å². The zero-order valence-electron chi connectivity index (χ0n) is 17.9. The molecule has 0 saturated carbocycles. The Morgan fingerprint density at radius 1 is 0.586 bits per heavy atom. The number of unbranched alkanes of at least 4 members (excludes halogenated alkanes) is 7. The van der Waals surface area contributed by atoms with Crippen LogP contribution in [0.3, 0.4) is 0 Å². The Bertz CT molecular complexity index is 603. The summed E-state index contributed by atoms with van der Waals surface area (Å²) in [5, 5.41) is 0. The maximum Gasteiger partial charge on any atom is 0.0659 e. The van der Waals surface area contributed by atoms with Gasteiger partial charge in [-0.2, -0.15) is 0 Å². The molecule has 0 aliphatic carbocycles. The van der Waals surface area contributed by atoms with Crippen molar-refractivity contribution in [2.24, 2.45) is 5.73 Å². The Morgan fingerprint density at radius 2 is 1.10 bits per heavy atom. The van der Waals surface area contributed by atoms with Crippen LogP contribution >= 0.6 is 0 Å². The predicted octanol–water partition coefficient (Wildman–Crippen LogP) is 6.08. The van der Waals surface area contributed by atoms with Gasteiger partial charge in [0.2, 0.25) is 0 Å². The number of hydrogen-bond donors (Lipinski definition) is 1. The van der Waals surface area contributed by atoms with Crippen molar-refractivity contribution in [2.45, 2.75) is 63.8 Å². The minimum absolute atomic E-state index is 0.0153. The van der Waals surface area contributed by atoms with E-state index in [0.717, 1.165) is 38.2 Å². The quantitative estimate of drug-likeness (QED) is 0.329. The summed E-state index contributed by atoms with van der Waals surface area (Å²) < 4.78 is 11.5. The van der Waals surface area contributed by atoms with Gasteiger partial charge in [0.05, 0.1) is 19.3 Å². The second-order valence-corrected chi connectivity index (χ2v) is 7.77. The van der Waals surface area contributed by atoms with Gasteiger partial charge in [-0.1, -0.05) is 99.2 Å². The first kappa shape index (κ1) is 23.6. The Morgan fingerprint density at radius 3 is 1.72 bits per heavy atom. The van der Waals surface area contributed by atoms with Crippen LogP contribution < -0.4 is 5.73 Å². The van der Waals surface area contributed by atoms with E-state index in [1.807, 2.05) is 18.2 Å². The van der Waals surface area contributed by atoms with Gasteiger partial charge in [0, 0.05) is 13.2 Å². The van der Waals surface area contributed by atoms with Crippen molar-refractivity contribution in [1.82, 2.24) is 0 Å². The number of rotatable bonds is 17. The molecule has 0 aromatic heterocycles. The van der Waals surface area contributed by atoms with Gasteiger partial charge in [0.1, 0.15) is 0 Å². The van der Waals surface area contributed by atoms with Crippen molar-refractivity contribution in [3.05, 3.63) is 71.8 Å². The van der Waals surface area contributed by atoms with Crippen molar-refractivity contribution < 1.29 is 9.47 Å². The first-order valence-corrected chi connectivity index (χ1v) is 11.4. The molecule has 3 heteroatoms. The minimum atomic E-state index is -0.0153. The molecule has 2 aromatic rings. The fourth-order valence-corrected chi connectivity index (χ4v) is 3.41. The van der Waals surface area contributed by atoms with E-state index in [0.29, 0.717) is 6.61 Å². The lowest BCUT2D eigenvalue weighted by atomic mass is 10.1. The van der Waals surface area contributed by atoms with Crippen LogP contribution in [0.15, 0.2) is 60.7 Å². The highest BCUT2D eigenvalue weighted by Crippen LogP contribution is 2.11. The second-order valence-electron chi connectivity index (χ2n) is 7.77. The Hall–Kier alpha value is -1.68. The molecule has 0 aliphatic rings. The van der Waals surface area contributed by atoms with Crippen molar-refractivity contribution in [3.63, 3.8) is 0 Å². The van der Waals surface area contributed by atoms with E-state index >= 15 is 0 Å². The van der Waals surface area contributed by atoms with Crippen LogP contribution in [0.2, 0.25) is 0 Å². The molecule has 0 bridgehead atoms. The van der Waals surface area contributed by atoms with Gasteiger partial charge in [-0.05, 0) is 30.4 Å². The summed E-state index contributed by atoms with van der Waals surface area (Å²) in [6.45, 7) is 3.16. The third-order valence-electron chi connectivity index (χ3n) is 5.23. The summed E-state index contributed by atoms with van der Waals surface area (Å²) in [6, 6.07) is 20.7. The molecule has 2 aromatic carbocycles. The Labute approximate surface area is 177 Å². The molecule has 0 radical (unpaired) electrons. The van der Waals surface area contributed by atoms with Crippen LogP contribution in [0.4, 0.5) is 0 Å². The topological polar surface area (TPSA) is 44.5 Å². The fourth-order valence-electron chi connectivity index (χ4n) is 3.41. The van der Waals surface area contributed by atoms with E-state index in [1.165, 1.54) is 50.5 Å². The molecule has 0 heterocycles. The van der Waals surface area contributed by atoms with Crippen LogP contribution in [0.25, 0.3) is 0 Å². The molecule has 0 saturated heterocycles. The molecule has 0 amide bonds. The van der Waals surface area contributed by atoms with Crippen molar-refractivity contribution in [2.75, 3.05) is 26.4 Å². The second kappa shape index (κ2) is 16.2. The van der Waals surface area contributed by atoms with Crippen LogP contribution in [0.1, 0.15) is 68.5 Å². The van der Waals surface area contributed by atoms with E-state index in [9.17, 15) is 0 Å². The van der Waals surface area contributed by atoms with Gasteiger partial charge in [-0.25, -0.2) is 0 Å². The zero-order valence-corrected chi connectivity index (χ0v) is 17.9. The van der Waals surface area contributed by atoms with Crippen molar-refractivity contribution in [1.29, 1.82) is 0 Å². The van der Waals surface area contributed by atoms with Gasteiger partial charge >= 0.3 is 0 Å². The van der Waals surface area contributed by atoms with Crippen LogP contribution in [-0.2, 0) is 15.9 Å². The highest BCUT2D eigenvalue weighted by molar-refractivity contribution is 5.18. The summed E-state index contributed by atoms with van der Waals surface area (Å²) >= 11 is 0. The monoisotopic (exact) mass is 397 g/mol. The van der Waals surface area contributed by atoms with Crippen LogP contribution in [0.5, 0.6) is 0 Å². The number of ether oxygens (including phenoxy) is 2. The third-order valence-corrected chi connectivity index (χ3v) is 5.23. The van der Waals surface area contributed by atoms with Crippen molar-refractivity contribution >= 4 is 0 Å². The molecule has 0 unspecified atom stereocenters. The van der Waals surface area contributed by atoms with Gasteiger partial charge in [0.15, 0.2) is 0 Å². The molecule has 2 N–H and O–H groups in total. The molecule has 0 aliphatic heterocycles. The lowest BCUT2D eigenvalue weighted by Gasteiger charge is -2.12. The summed E-state index contributed by atoms with van der Waals surface area (Å²) in [5.74, 6) is 0. The molecule has 1 atom stereocenters. The van der Waals surface area contributed by atoms with Crippen LogP contribution in [-0.4, -0.2) is 26.4 Å². The van der Waals surface area contributed by atoms with Gasteiger partial charge in [-0.15, -0.1) is 0 Å². The number of nitrogens with two attached hydrogens (primary N) is 1. The normalized spacial score (nSPS) is 12.2. The van der Waals surface area contributed by atoms with Crippen molar-refractivity contribution in [3.8, 4) is 0 Å². The maximum absolute atomic E-state index is 6.13. The maximum atomic E-state index is 6.13. The molecular formula is C26H39NO2. The van der Waals surface area contributed by atoms with Gasteiger partial charge in [0.25, 0.3) is 0 Å². The molecule has 160 valence electrons. The van der Waals surface area contributed by atoms with Gasteiger partial charge < -0.3 is 15.2 Å². The SMILES string of the molecule is N[C@H](COCCCCCCCCCCOCCc1ccccc1)c1ccccc1. The lowest BCUT2D eigenvalue weighted by molar-refractivity contribution is 0.117. The molecule has 29 heavy (non-hydrogen) atoms. The summed E-state index contributed by atoms with van der Waals surface area (Å²) in [5.41, 5.74) is 8.64. The lowest BCUT2D eigenvalue weighted by Crippen LogP contribution is -2.17. The van der Waals surface area contributed by atoms with E-state index in [1.54, 1.807) is 0 Å². The van der Waals surface area contributed by atoms with E-state index < -0.39 is 0 Å². The van der Waals surface area contributed by atoms with Gasteiger partial charge in [-0.3, -0.25) is 0 Å². The predicted molar refractivity (Wildman–Crippen MR) is 122 cm³/mol. The Balaban J connectivity index is 1.28. The smallest absolute Gasteiger partial charge is 0.0659 e. The first-order chi connectivity index (χ1) is 14.4. The number of hydrogen-bond acceptors (Lipinski definition) is 3. The largest absolute Gasteiger partial charge is 0.381 e. The minimum Gasteiger partial charge on any atom is -0.381 e. The third kappa shape index (κ3) is 11.8. The Kier molecular flexibility index (Phi) is 13.1. The highest BCUT2D eigenvalue weighted by atomic mass is 16.5. The summed E-state index contributed by atoms with van der Waals surface area (Å²) in [6.07, 6.45) is 11.2. The van der Waals surface area contributed by atoms with Crippen LogP contribution in [0, 0.1) is 0 Å². The average molecular weight is 398 g/mol. The van der Waals surface area contributed by atoms with E-state index in [-0.39, 0.29) is 6.04 Å². The fraction of sp³-hybridized carbons (Fsp3) is 0.538. The molecule has 2 rings (SSSR count). The van der Waals surface area contributed by atoms with E-state index in [2.05, 4.69) is 42.5 Å². The first-order valence-electron chi connectivity index (χ1n) is 11.4. The highest BCUT2D eigenvalue weighted by Gasteiger charge is 2.04. The number of benzene rings is 2. The molecule has 0 spiro atoms. The molecule has 3 nitrogen and oxygen atoms in total. The summed E-state index contributed by atoms with van der Waals surface area (Å²) in [4.78, 5) is 0. The molecular weight excluding hydrogens is 358 g/mol. The average Bonchev–Trinajstić information content (AvgIpc) is 2.77. The zero-order chi connectivity index (χ0) is 20.4.